The number of hydrogen-bond acceptors (Lipinski definition) is 4. The normalized spacial score (nSPS) is 21.3. The first kappa shape index (κ1) is 15.8. The van der Waals surface area contributed by atoms with Crippen LogP contribution in [0.2, 0.25) is 8.87 Å². The summed E-state index contributed by atoms with van der Waals surface area (Å²) in [5.74, 6) is -0.747. The van der Waals surface area contributed by atoms with E-state index in [1.807, 2.05) is 0 Å². The molecule has 1 rings (SSSR count). The second-order valence-electron chi connectivity index (χ2n) is 5.52. The van der Waals surface area contributed by atoms with Gasteiger partial charge >= 0.3 is 115 Å². The fourth-order valence-corrected chi connectivity index (χ4v) is 12.4. The number of carbonyl (C=O) groups excluding carboxylic acids is 2. The van der Waals surface area contributed by atoms with Crippen molar-refractivity contribution in [2.45, 2.75) is 62.3 Å². The van der Waals surface area contributed by atoms with Crippen molar-refractivity contribution in [3.8, 4) is 0 Å². The molecule has 0 atom stereocenters. The van der Waals surface area contributed by atoms with Crippen molar-refractivity contribution < 1.29 is 15.7 Å². The molecule has 1 fully saturated rings. The van der Waals surface area contributed by atoms with E-state index in [2.05, 4.69) is 13.8 Å². The van der Waals surface area contributed by atoms with Gasteiger partial charge in [-0.2, -0.15) is 0 Å². The van der Waals surface area contributed by atoms with Gasteiger partial charge in [0.15, 0.2) is 0 Å². The van der Waals surface area contributed by atoms with Crippen LogP contribution in [0.4, 0.5) is 0 Å². The first-order valence-electron chi connectivity index (χ1n) is 6.85. The van der Waals surface area contributed by atoms with Crippen molar-refractivity contribution in [2.24, 2.45) is 5.41 Å². The Kier molecular flexibility index (Phi) is 5.49. The molecule has 0 aliphatic carbocycles. The van der Waals surface area contributed by atoms with Gasteiger partial charge in [-0.05, 0) is 0 Å². The van der Waals surface area contributed by atoms with E-state index in [1.54, 1.807) is 13.8 Å². The van der Waals surface area contributed by atoms with E-state index < -0.39 is 24.6 Å². The second-order valence-corrected chi connectivity index (χ2v) is 14.7. The summed E-state index contributed by atoms with van der Waals surface area (Å²) in [5.41, 5.74) is -1.13. The Morgan fingerprint density at radius 2 is 1.33 bits per heavy atom. The van der Waals surface area contributed by atoms with Crippen LogP contribution in [0.5, 0.6) is 0 Å². The van der Waals surface area contributed by atoms with Crippen LogP contribution in [0.3, 0.4) is 0 Å². The third-order valence-electron chi connectivity index (χ3n) is 3.40. The molecule has 1 aliphatic rings. The van der Waals surface area contributed by atoms with Crippen LogP contribution in [0, 0.1) is 5.41 Å². The maximum atomic E-state index is 12.0. The van der Waals surface area contributed by atoms with Crippen LogP contribution < -0.4 is 0 Å². The van der Waals surface area contributed by atoms with Crippen LogP contribution in [0.15, 0.2) is 0 Å². The number of unbranched alkanes of at least 4 members (excludes halogenated alkanes) is 2. The minimum absolute atomic E-state index is 0.373. The molecule has 0 spiro atoms. The maximum absolute atomic E-state index is 12.0. The summed E-state index contributed by atoms with van der Waals surface area (Å²) < 4.78 is 13.0. The van der Waals surface area contributed by atoms with Crippen molar-refractivity contribution in [3.63, 3.8) is 0 Å². The van der Waals surface area contributed by atoms with Crippen molar-refractivity contribution >= 4 is 31.1 Å². The van der Waals surface area contributed by atoms with Gasteiger partial charge in [0.1, 0.15) is 0 Å². The zero-order valence-electron chi connectivity index (χ0n) is 11.9. The van der Waals surface area contributed by atoms with Gasteiger partial charge in [-0.15, -0.1) is 0 Å². The zero-order chi connectivity index (χ0) is 13.8. The van der Waals surface area contributed by atoms with E-state index in [-0.39, 0.29) is 11.9 Å². The Balaban J connectivity index is 2.85. The van der Waals surface area contributed by atoms with E-state index in [9.17, 15) is 9.59 Å². The zero-order valence-corrected chi connectivity index (χ0v) is 14.7. The van der Waals surface area contributed by atoms with Gasteiger partial charge in [-0.25, -0.2) is 0 Å². The Morgan fingerprint density at radius 3 is 1.67 bits per heavy atom. The molecule has 4 nitrogen and oxygen atoms in total. The number of carbonyl (C=O) groups is 2. The molecule has 0 aromatic rings. The van der Waals surface area contributed by atoms with Crippen molar-refractivity contribution in [1.82, 2.24) is 0 Å². The summed E-state index contributed by atoms with van der Waals surface area (Å²) in [7, 11) is 0. The van der Waals surface area contributed by atoms with Crippen LogP contribution in [0.25, 0.3) is 0 Å². The van der Waals surface area contributed by atoms with Crippen molar-refractivity contribution in [2.75, 3.05) is 0 Å². The predicted molar refractivity (Wildman–Crippen MR) is 71.1 cm³/mol. The molecule has 0 saturated carbocycles. The molecule has 0 N–H and O–H groups in total. The van der Waals surface area contributed by atoms with E-state index >= 15 is 0 Å². The molecule has 0 aromatic carbocycles. The summed E-state index contributed by atoms with van der Waals surface area (Å²) in [6.07, 6.45) is 4.01. The summed E-state index contributed by atoms with van der Waals surface area (Å²) in [6, 6.07) is 0. The van der Waals surface area contributed by atoms with Crippen molar-refractivity contribution in [3.05, 3.63) is 0 Å². The predicted octanol–water partition coefficient (Wildman–Crippen LogP) is 3.16. The molecule has 1 saturated heterocycles. The van der Waals surface area contributed by atoms with E-state index in [0.29, 0.717) is 0 Å². The molecule has 1 heterocycles. The van der Waals surface area contributed by atoms with E-state index in [4.69, 9.17) is 6.15 Å². The minimum atomic E-state index is -3.47. The molecule has 0 unspecified atom stereocenters. The molecular formula is C13H24O4Sn. The summed E-state index contributed by atoms with van der Waals surface area (Å²) in [4.78, 5) is 24.0. The summed E-state index contributed by atoms with van der Waals surface area (Å²) in [5, 5.41) is 0. The SMILES string of the molecule is CCC[CH2][Sn]1([CH2]CCC)[O]C(=O)C(C)(C)C(=O)[O]1. The van der Waals surface area contributed by atoms with Gasteiger partial charge in [0.05, 0.1) is 0 Å². The molecule has 0 amide bonds. The molecule has 0 bridgehead atoms. The van der Waals surface area contributed by atoms with Gasteiger partial charge in [0.2, 0.25) is 0 Å². The van der Waals surface area contributed by atoms with Crippen LogP contribution in [0.1, 0.15) is 53.4 Å². The second kappa shape index (κ2) is 6.26. The van der Waals surface area contributed by atoms with Crippen molar-refractivity contribution in [1.29, 1.82) is 0 Å². The summed E-state index contributed by atoms with van der Waals surface area (Å²) in [6.45, 7) is 7.34. The quantitative estimate of drug-likeness (QED) is 0.538. The van der Waals surface area contributed by atoms with Gasteiger partial charge in [-0.1, -0.05) is 0 Å². The first-order chi connectivity index (χ1) is 8.38. The Morgan fingerprint density at radius 1 is 0.944 bits per heavy atom. The molecular weight excluding hydrogens is 339 g/mol. The van der Waals surface area contributed by atoms with Gasteiger partial charge in [-0.3, -0.25) is 0 Å². The Bertz CT molecular complexity index is 295. The molecule has 104 valence electrons. The number of hydrogen-bond donors (Lipinski definition) is 0. The fourth-order valence-electron chi connectivity index (χ4n) is 1.92. The third kappa shape index (κ3) is 3.39. The molecule has 0 aromatic heterocycles. The monoisotopic (exact) mass is 364 g/mol. The molecule has 5 heteroatoms. The molecule has 18 heavy (non-hydrogen) atoms. The Labute approximate surface area is 114 Å². The van der Waals surface area contributed by atoms with Crippen LogP contribution >= 0.6 is 0 Å². The topological polar surface area (TPSA) is 52.6 Å². The van der Waals surface area contributed by atoms with Gasteiger partial charge in [0, 0.05) is 0 Å². The average molecular weight is 363 g/mol. The third-order valence-corrected chi connectivity index (χ3v) is 12.9. The number of rotatable bonds is 6. The van der Waals surface area contributed by atoms with Gasteiger partial charge < -0.3 is 0 Å². The van der Waals surface area contributed by atoms with Gasteiger partial charge in [0.25, 0.3) is 0 Å². The van der Waals surface area contributed by atoms with Crippen LogP contribution in [-0.4, -0.2) is 31.1 Å². The van der Waals surface area contributed by atoms with E-state index in [1.165, 1.54) is 0 Å². The standard InChI is InChI=1S/C5H8O4.2C4H9.Sn/c1-5(2,3(6)7)4(8)9;2*1-3-4-2;/h1-2H3,(H,6,7)(H,8,9);2*1,3-4H2,2H3;/q;;;+2/p-2. The first-order valence-corrected chi connectivity index (χ1v) is 13.2. The summed E-state index contributed by atoms with van der Waals surface area (Å²) >= 11 is -3.47. The molecule has 1 aliphatic heterocycles. The molecule has 0 radical (unpaired) electrons. The van der Waals surface area contributed by atoms with Crippen LogP contribution in [-0.2, 0) is 15.7 Å². The van der Waals surface area contributed by atoms with E-state index in [0.717, 1.165) is 34.6 Å². The average Bonchev–Trinajstić information content (AvgIpc) is 2.32. The fraction of sp³-hybridized carbons (Fsp3) is 0.846. The Hall–Kier alpha value is -0.261.